The van der Waals surface area contributed by atoms with Crippen molar-refractivity contribution in [2.45, 2.75) is 44.9 Å². The molecule has 3 aromatic carbocycles. The van der Waals surface area contributed by atoms with Crippen LogP contribution in [0.4, 0.5) is 0 Å². The molecule has 4 rings (SSSR count). The Morgan fingerprint density at radius 1 is 1.00 bits per heavy atom. The number of ether oxygens (including phenoxy) is 1. The first-order valence-electron chi connectivity index (χ1n) is 10.6. The van der Waals surface area contributed by atoms with Crippen molar-refractivity contribution in [3.8, 4) is 5.75 Å². The summed E-state index contributed by atoms with van der Waals surface area (Å²) in [4.78, 5) is 24.5. The number of carbonyl (C=O) groups is 2. The van der Waals surface area contributed by atoms with Crippen LogP contribution in [-0.4, -0.2) is 17.0 Å². The number of carbonyl (C=O) groups excluding carboxylic acids is 1. The van der Waals surface area contributed by atoms with Gasteiger partial charge in [0.15, 0.2) is 0 Å². The Labute approximate surface area is 182 Å². The fourth-order valence-electron chi connectivity index (χ4n) is 4.41. The van der Waals surface area contributed by atoms with Crippen LogP contribution in [0.1, 0.15) is 69.7 Å². The largest absolute Gasteiger partial charge is 0.478 e. The molecule has 31 heavy (non-hydrogen) atoms. The summed E-state index contributed by atoms with van der Waals surface area (Å²) in [6.45, 7) is 4.47. The first kappa shape index (κ1) is 20.9. The fraction of sp³-hybridized carbons (Fsp3) is 0.259. The van der Waals surface area contributed by atoms with E-state index in [0.29, 0.717) is 23.3 Å². The summed E-state index contributed by atoms with van der Waals surface area (Å²) in [6.07, 6.45) is 3.66. The smallest absolute Gasteiger partial charge is 0.343 e. The van der Waals surface area contributed by atoms with E-state index in [4.69, 9.17) is 4.74 Å². The zero-order valence-electron chi connectivity index (χ0n) is 17.9. The maximum atomic E-state index is 12.8. The summed E-state index contributed by atoms with van der Waals surface area (Å²) in [5, 5.41) is 9.54. The van der Waals surface area contributed by atoms with E-state index < -0.39 is 11.9 Å². The monoisotopic (exact) mass is 414 g/mol. The molecule has 0 radical (unpaired) electrons. The number of hydrogen-bond donors (Lipinski definition) is 1. The van der Waals surface area contributed by atoms with Crippen molar-refractivity contribution in [2.75, 3.05) is 0 Å². The Hall–Kier alpha value is -3.40. The van der Waals surface area contributed by atoms with Gasteiger partial charge in [0.1, 0.15) is 5.75 Å². The predicted octanol–water partition coefficient (Wildman–Crippen LogP) is 5.81. The number of carboxylic acid groups (broad SMARTS) is 1. The van der Waals surface area contributed by atoms with Crippen LogP contribution < -0.4 is 4.74 Å². The minimum Gasteiger partial charge on any atom is -0.478 e. The molecule has 4 nitrogen and oxygen atoms in total. The second-order valence-corrected chi connectivity index (χ2v) is 8.79. The maximum Gasteiger partial charge on any atom is 0.343 e. The summed E-state index contributed by atoms with van der Waals surface area (Å²) < 4.78 is 5.62. The van der Waals surface area contributed by atoms with Crippen molar-refractivity contribution in [1.29, 1.82) is 0 Å². The van der Waals surface area contributed by atoms with E-state index in [9.17, 15) is 14.7 Å². The molecule has 1 aliphatic carbocycles. The Bertz CT molecular complexity index is 1130. The molecule has 0 saturated heterocycles. The third-order valence-corrected chi connectivity index (χ3v) is 6.07. The van der Waals surface area contributed by atoms with Gasteiger partial charge in [-0.1, -0.05) is 50.2 Å². The summed E-state index contributed by atoms with van der Waals surface area (Å²) in [5.74, 6) is -1.08. The molecular weight excluding hydrogens is 388 g/mol. The SMILES string of the molecule is CC1(C)CCCc2cc(C(=O)Oc3ccc(C(=O)O)c(Cc4ccccc4)c3)ccc21. The minimum absolute atomic E-state index is 0.120. The lowest BCUT2D eigenvalue weighted by atomic mass is 9.72. The molecule has 0 aliphatic heterocycles. The summed E-state index contributed by atoms with van der Waals surface area (Å²) >= 11 is 0. The van der Waals surface area contributed by atoms with Gasteiger partial charge in [0.25, 0.3) is 0 Å². The lowest BCUT2D eigenvalue weighted by Crippen LogP contribution is -2.24. The van der Waals surface area contributed by atoms with E-state index >= 15 is 0 Å². The standard InChI is InChI=1S/C27H26O4/c1-27(2)14-6-9-19-16-20(10-13-24(19)27)26(30)31-22-11-12-23(25(28)29)21(17-22)15-18-7-4-3-5-8-18/h3-5,7-8,10-13,16-17H,6,9,14-15H2,1-2H3,(H,28,29). The normalized spacial score (nSPS) is 14.5. The third kappa shape index (κ3) is 4.53. The maximum absolute atomic E-state index is 12.8. The van der Waals surface area contributed by atoms with Crippen LogP contribution in [0.2, 0.25) is 0 Å². The van der Waals surface area contributed by atoms with Crippen LogP contribution >= 0.6 is 0 Å². The highest BCUT2D eigenvalue weighted by Crippen LogP contribution is 2.37. The Kier molecular flexibility index (Phi) is 5.64. The van der Waals surface area contributed by atoms with Crippen molar-refractivity contribution in [3.63, 3.8) is 0 Å². The molecule has 0 unspecified atom stereocenters. The summed E-state index contributed by atoms with van der Waals surface area (Å²) in [5.41, 5.74) is 4.95. The summed E-state index contributed by atoms with van der Waals surface area (Å²) in [6, 6.07) is 20.1. The molecule has 0 saturated carbocycles. The highest BCUT2D eigenvalue weighted by atomic mass is 16.5. The van der Waals surface area contributed by atoms with E-state index in [1.165, 1.54) is 23.3 Å². The van der Waals surface area contributed by atoms with Crippen LogP contribution in [0, 0.1) is 0 Å². The lowest BCUT2D eigenvalue weighted by molar-refractivity contribution is 0.0695. The number of esters is 1. The highest BCUT2D eigenvalue weighted by Gasteiger charge is 2.28. The molecule has 0 aromatic heterocycles. The van der Waals surface area contributed by atoms with Crippen LogP contribution in [0.3, 0.4) is 0 Å². The van der Waals surface area contributed by atoms with Gasteiger partial charge in [0, 0.05) is 0 Å². The van der Waals surface area contributed by atoms with Crippen LogP contribution in [0.5, 0.6) is 5.75 Å². The first-order valence-corrected chi connectivity index (χ1v) is 10.6. The van der Waals surface area contributed by atoms with E-state index in [1.807, 2.05) is 48.5 Å². The number of benzene rings is 3. The molecule has 0 fully saturated rings. The molecule has 1 aliphatic rings. The zero-order chi connectivity index (χ0) is 22.0. The number of hydrogen-bond acceptors (Lipinski definition) is 3. The number of aryl methyl sites for hydroxylation is 1. The molecule has 0 atom stereocenters. The van der Waals surface area contributed by atoms with Crippen LogP contribution in [0.25, 0.3) is 0 Å². The molecule has 0 heterocycles. The number of aromatic carboxylic acids is 1. The minimum atomic E-state index is -0.999. The van der Waals surface area contributed by atoms with E-state index in [-0.39, 0.29) is 11.0 Å². The second-order valence-electron chi connectivity index (χ2n) is 8.79. The van der Waals surface area contributed by atoms with Crippen molar-refractivity contribution in [3.05, 3.63) is 100 Å². The van der Waals surface area contributed by atoms with E-state index in [0.717, 1.165) is 24.8 Å². The van der Waals surface area contributed by atoms with Gasteiger partial charge in [-0.15, -0.1) is 0 Å². The topological polar surface area (TPSA) is 63.6 Å². The first-order chi connectivity index (χ1) is 14.8. The van der Waals surface area contributed by atoms with Gasteiger partial charge < -0.3 is 9.84 Å². The fourth-order valence-corrected chi connectivity index (χ4v) is 4.41. The molecule has 3 aromatic rings. The molecule has 0 spiro atoms. The lowest BCUT2D eigenvalue weighted by Gasteiger charge is -2.32. The summed E-state index contributed by atoms with van der Waals surface area (Å²) in [7, 11) is 0. The second kappa shape index (κ2) is 8.38. The average Bonchev–Trinajstić information content (AvgIpc) is 2.74. The van der Waals surface area contributed by atoms with E-state index in [2.05, 4.69) is 13.8 Å². The Morgan fingerprint density at radius 2 is 1.77 bits per heavy atom. The van der Waals surface area contributed by atoms with Crippen LogP contribution in [0.15, 0.2) is 66.7 Å². The van der Waals surface area contributed by atoms with Gasteiger partial charge in [-0.05, 0) is 83.7 Å². The molecule has 4 heteroatoms. The predicted molar refractivity (Wildman–Crippen MR) is 120 cm³/mol. The number of rotatable bonds is 5. The highest BCUT2D eigenvalue weighted by molar-refractivity contribution is 5.92. The molecule has 0 amide bonds. The van der Waals surface area contributed by atoms with E-state index in [1.54, 1.807) is 6.07 Å². The van der Waals surface area contributed by atoms with Crippen molar-refractivity contribution < 1.29 is 19.4 Å². The third-order valence-electron chi connectivity index (χ3n) is 6.07. The van der Waals surface area contributed by atoms with Crippen molar-refractivity contribution >= 4 is 11.9 Å². The van der Waals surface area contributed by atoms with Gasteiger partial charge in [0.05, 0.1) is 11.1 Å². The zero-order valence-corrected chi connectivity index (χ0v) is 17.9. The van der Waals surface area contributed by atoms with Gasteiger partial charge in [-0.2, -0.15) is 0 Å². The number of fused-ring (bicyclic) bond motifs is 1. The molecule has 1 N–H and O–H groups in total. The van der Waals surface area contributed by atoms with Crippen molar-refractivity contribution in [1.82, 2.24) is 0 Å². The van der Waals surface area contributed by atoms with Crippen LogP contribution in [-0.2, 0) is 18.3 Å². The van der Waals surface area contributed by atoms with Gasteiger partial charge in [0.2, 0.25) is 0 Å². The molecule has 0 bridgehead atoms. The molecule has 158 valence electrons. The Balaban J connectivity index is 1.58. The number of carboxylic acids is 1. The molecular formula is C27H26O4. The van der Waals surface area contributed by atoms with Crippen molar-refractivity contribution in [2.24, 2.45) is 0 Å². The Morgan fingerprint density at radius 3 is 2.52 bits per heavy atom. The van der Waals surface area contributed by atoms with Gasteiger partial charge in [-0.25, -0.2) is 9.59 Å². The van der Waals surface area contributed by atoms with Gasteiger partial charge >= 0.3 is 11.9 Å². The van der Waals surface area contributed by atoms with Gasteiger partial charge in [-0.3, -0.25) is 0 Å². The average molecular weight is 415 g/mol. The quantitative estimate of drug-likeness (QED) is 0.423.